The number of nitrogen functional groups attached to an aromatic ring is 1. The van der Waals surface area contributed by atoms with E-state index in [2.05, 4.69) is 15.0 Å². The van der Waals surface area contributed by atoms with Gasteiger partial charge in [-0.25, -0.2) is 15.0 Å². The van der Waals surface area contributed by atoms with Gasteiger partial charge in [-0.15, -0.1) is 0 Å². The van der Waals surface area contributed by atoms with Crippen LogP contribution in [-0.4, -0.2) is 102 Å². The number of methoxy groups -OCH3 is 1. The quantitative estimate of drug-likeness (QED) is 0.332. The molecule has 0 aliphatic carbocycles. The fourth-order valence-corrected chi connectivity index (χ4v) is 1.77. The number of anilines is 1. The Hall–Kier alpha value is 0.420. The van der Waals surface area contributed by atoms with Crippen molar-refractivity contribution in [2.24, 2.45) is 0 Å². The van der Waals surface area contributed by atoms with Crippen LogP contribution in [0, 0.1) is 0 Å². The molecule has 0 aromatic carbocycles. The number of nitrogens with two attached hydrogens (primary N) is 1. The van der Waals surface area contributed by atoms with Gasteiger partial charge in [0.15, 0.2) is 17.8 Å². The van der Waals surface area contributed by atoms with Gasteiger partial charge in [-0.2, -0.15) is 0 Å². The molecule has 2 rings (SSSR count). The number of fused-ring (bicyclic) bond motifs is 1. The summed E-state index contributed by atoms with van der Waals surface area (Å²) in [4.78, 5) is 29.3. The first kappa shape index (κ1) is 21.4. The van der Waals surface area contributed by atoms with E-state index >= 15 is 0 Å². The Bertz CT molecular complexity index is 635. The Balaban J connectivity index is 0.00000200. The van der Waals surface area contributed by atoms with Crippen LogP contribution in [0.3, 0.4) is 0 Å². The Morgan fingerprint density at radius 1 is 1.38 bits per heavy atom. The number of hydrogen-bond acceptors (Lipinski definition) is 7. The van der Waals surface area contributed by atoms with Crippen LogP contribution < -0.4 is 5.73 Å². The van der Waals surface area contributed by atoms with Crippen molar-refractivity contribution < 1.29 is 23.8 Å². The number of hydrogen-bond donors (Lipinski definition) is 3. The second kappa shape index (κ2) is 8.90. The van der Waals surface area contributed by atoms with Gasteiger partial charge in [0, 0.05) is 7.11 Å². The monoisotopic (exact) mass is 337 g/mol. The van der Waals surface area contributed by atoms with Gasteiger partial charge in [0.05, 0.1) is 0 Å². The number of rotatable bonds is 5. The Morgan fingerprint density at radius 3 is 2.62 bits per heavy atom. The normalized spacial score (nSPS) is 12.5. The van der Waals surface area contributed by atoms with Gasteiger partial charge in [-0.05, 0) is 0 Å². The molecule has 0 saturated carbocycles. The zero-order valence-electron chi connectivity index (χ0n) is 9.87. The summed E-state index contributed by atoms with van der Waals surface area (Å²) in [6.45, 7) is 0. The molecule has 1 atom stereocenters. The summed E-state index contributed by atoms with van der Waals surface area (Å²) < 4.78 is 22.1. The molecular formula is C8H14N5Na2O5P. The first-order chi connectivity index (χ1) is 8.92. The summed E-state index contributed by atoms with van der Waals surface area (Å²) in [5.74, 6) is 0.189. The van der Waals surface area contributed by atoms with Crippen LogP contribution in [0.4, 0.5) is 5.82 Å². The third-order valence-electron chi connectivity index (χ3n) is 2.20. The van der Waals surface area contributed by atoms with E-state index in [1.807, 2.05) is 0 Å². The van der Waals surface area contributed by atoms with Gasteiger partial charge >= 0.3 is 66.7 Å². The molecule has 2 aromatic rings. The van der Waals surface area contributed by atoms with Crippen molar-refractivity contribution in [2.75, 3.05) is 19.2 Å². The molecule has 13 heteroatoms. The standard InChI is InChI=1S/C8H12N5O5P.2Na.2H/c1-17-8(18-4-19(14,15)16)13-3-12-5-6(9)10-2-11-7(5)13;;;;/h2-3,8H,4H2,1H3,(H2,9,10,11)(H2,14,15,16);;;;. The fourth-order valence-electron chi connectivity index (χ4n) is 1.45. The van der Waals surface area contributed by atoms with Crippen LogP contribution in [0.25, 0.3) is 11.2 Å². The van der Waals surface area contributed by atoms with Crippen molar-refractivity contribution >= 4 is 83.7 Å². The van der Waals surface area contributed by atoms with Crippen LogP contribution in [0.2, 0.25) is 0 Å². The van der Waals surface area contributed by atoms with Crippen molar-refractivity contribution in [2.45, 2.75) is 6.41 Å². The summed E-state index contributed by atoms with van der Waals surface area (Å²) in [5.41, 5.74) is 6.31. The minimum absolute atomic E-state index is 0. The van der Waals surface area contributed by atoms with Gasteiger partial charge < -0.3 is 25.0 Å². The number of ether oxygens (including phenoxy) is 2. The van der Waals surface area contributed by atoms with Crippen LogP contribution >= 0.6 is 7.60 Å². The van der Waals surface area contributed by atoms with Gasteiger partial charge in [0.1, 0.15) is 18.2 Å². The first-order valence-electron chi connectivity index (χ1n) is 5.04. The molecule has 10 nitrogen and oxygen atoms in total. The second-order valence-electron chi connectivity index (χ2n) is 3.59. The van der Waals surface area contributed by atoms with E-state index in [9.17, 15) is 4.57 Å². The zero-order valence-corrected chi connectivity index (χ0v) is 10.8. The van der Waals surface area contributed by atoms with E-state index in [4.69, 9.17) is 25.0 Å². The molecular weight excluding hydrogens is 323 g/mol. The molecule has 2 aromatic heterocycles. The van der Waals surface area contributed by atoms with E-state index in [1.165, 1.54) is 24.3 Å². The van der Waals surface area contributed by atoms with E-state index in [1.54, 1.807) is 0 Å². The molecule has 2 heterocycles. The van der Waals surface area contributed by atoms with Crippen molar-refractivity contribution in [1.29, 1.82) is 0 Å². The maximum atomic E-state index is 10.8. The van der Waals surface area contributed by atoms with Crippen LogP contribution in [0.15, 0.2) is 12.7 Å². The zero-order chi connectivity index (χ0) is 14.0. The molecule has 0 amide bonds. The van der Waals surface area contributed by atoms with E-state index in [0.717, 1.165) is 0 Å². The molecule has 1 unspecified atom stereocenters. The second-order valence-corrected chi connectivity index (χ2v) is 5.17. The van der Waals surface area contributed by atoms with Crippen molar-refractivity contribution in [1.82, 2.24) is 19.5 Å². The van der Waals surface area contributed by atoms with Crippen molar-refractivity contribution in [3.05, 3.63) is 12.7 Å². The molecule has 4 N–H and O–H groups in total. The predicted octanol–water partition coefficient (Wildman–Crippen LogP) is -1.63. The number of imidazole rings is 1. The molecule has 0 aliphatic heterocycles. The Labute approximate surface area is 164 Å². The SMILES string of the molecule is COC(OCP(=O)(O)O)n1cnc2c(N)ncnc21.[NaH].[NaH]. The molecule has 0 bridgehead atoms. The summed E-state index contributed by atoms with van der Waals surface area (Å²) in [7, 11) is -2.98. The first-order valence-corrected chi connectivity index (χ1v) is 6.84. The molecule has 21 heavy (non-hydrogen) atoms. The molecule has 0 aliphatic rings. The van der Waals surface area contributed by atoms with E-state index in [-0.39, 0.29) is 64.9 Å². The van der Waals surface area contributed by atoms with Gasteiger partial charge in [0.25, 0.3) is 0 Å². The molecule has 108 valence electrons. The minimum atomic E-state index is -4.30. The third kappa shape index (κ3) is 5.52. The van der Waals surface area contributed by atoms with Crippen LogP contribution in [0.1, 0.15) is 6.41 Å². The molecule has 0 radical (unpaired) electrons. The summed E-state index contributed by atoms with van der Waals surface area (Å²) in [5, 5.41) is 0. The Kier molecular flexibility index (Phi) is 9.08. The Morgan fingerprint density at radius 2 is 2.05 bits per heavy atom. The van der Waals surface area contributed by atoms with E-state index in [0.29, 0.717) is 11.2 Å². The average Bonchev–Trinajstić information content (AvgIpc) is 2.74. The van der Waals surface area contributed by atoms with Crippen LogP contribution in [-0.2, 0) is 14.0 Å². The summed E-state index contributed by atoms with van der Waals surface area (Å²) in [6.07, 6.45) is 0.716. The molecule has 0 fully saturated rings. The van der Waals surface area contributed by atoms with Crippen LogP contribution in [0.5, 0.6) is 0 Å². The van der Waals surface area contributed by atoms with Crippen molar-refractivity contribution in [3.8, 4) is 0 Å². The van der Waals surface area contributed by atoms with Gasteiger partial charge in [-0.3, -0.25) is 9.13 Å². The predicted molar refractivity (Wildman–Crippen MR) is 78.1 cm³/mol. The third-order valence-corrected chi connectivity index (χ3v) is 2.69. The summed E-state index contributed by atoms with van der Waals surface area (Å²) in [6, 6.07) is 0. The molecule has 0 saturated heterocycles. The van der Waals surface area contributed by atoms with Gasteiger partial charge in [-0.1, -0.05) is 0 Å². The molecule has 0 spiro atoms. The van der Waals surface area contributed by atoms with Gasteiger partial charge in [0.2, 0.25) is 6.41 Å². The average molecular weight is 337 g/mol. The van der Waals surface area contributed by atoms with E-state index < -0.39 is 20.4 Å². The number of nitrogens with zero attached hydrogens (tertiary/aromatic N) is 4. The topological polar surface area (TPSA) is 146 Å². The van der Waals surface area contributed by atoms with Crippen molar-refractivity contribution in [3.63, 3.8) is 0 Å². The maximum absolute atomic E-state index is 10.8. The number of aromatic nitrogens is 4. The summed E-state index contributed by atoms with van der Waals surface area (Å²) >= 11 is 0. The fraction of sp³-hybridized carbons (Fsp3) is 0.375.